The summed E-state index contributed by atoms with van der Waals surface area (Å²) in [5.41, 5.74) is 1.06. The largest absolute Gasteiger partial charge is 0.454 e. The van der Waals surface area contributed by atoms with Crippen molar-refractivity contribution in [1.29, 1.82) is 0 Å². The Morgan fingerprint density at radius 3 is 2.71 bits per heavy atom. The van der Waals surface area contributed by atoms with Crippen molar-refractivity contribution in [3.8, 4) is 11.5 Å². The number of piperidine rings is 1. The van der Waals surface area contributed by atoms with Crippen LogP contribution in [0.1, 0.15) is 53.8 Å². The summed E-state index contributed by atoms with van der Waals surface area (Å²) in [5, 5.41) is 1.92. The fourth-order valence-electron chi connectivity index (χ4n) is 4.99. The van der Waals surface area contributed by atoms with Gasteiger partial charge in [0.05, 0.1) is 10.8 Å². The van der Waals surface area contributed by atoms with Gasteiger partial charge in [-0.3, -0.25) is 9.59 Å². The Balaban J connectivity index is 1.32. The highest BCUT2D eigenvalue weighted by Crippen LogP contribution is 2.34. The van der Waals surface area contributed by atoms with E-state index in [9.17, 15) is 9.59 Å². The van der Waals surface area contributed by atoms with Crippen LogP contribution < -0.4 is 9.47 Å². The minimum absolute atomic E-state index is 0.0516. The molecule has 1 atom stereocenters. The number of rotatable bonds is 5. The summed E-state index contributed by atoms with van der Waals surface area (Å²) in [5.74, 6) is 1.62. The molecular formula is C24H28N2O4S. The van der Waals surface area contributed by atoms with Crippen molar-refractivity contribution in [2.45, 2.75) is 51.1 Å². The zero-order chi connectivity index (χ0) is 21.2. The predicted octanol–water partition coefficient (Wildman–Crippen LogP) is 4.30. The summed E-state index contributed by atoms with van der Waals surface area (Å²) in [4.78, 5) is 31.2. The van der Waals surface area contributed by atoms with Gasteiger partial charge in [0, 0.05) is 25.7 Å². The average molecular weight is 441 g/mol. The highest BCUT2D eigenvalue weighted by atomic mass is 32.1. The van der Waals surface area contributed by atoms with E-state index in [1.54, 1.807) is 0 Å². The third-order valence-electron chi connectivity index (χ3n) is 6.63. The fourth-order valence-corrected chi connectivity index (χ4v) is 5.68. The van der Waals surface area contributed by atoms with Crippen molar-refractivity contribution >= 4 is 23.2 Å². The summed E-state index contributed by atoms with van der Waals surface area (Å²) < 4.78 is 11.0. The zero-order valence-corrected chi connectivity index (χ0v) is 18.4. The number of hydrogen-bond acceptors (Lipinski definition) is 5. The molecule has 1 saturated heterocycles. The van der Waals surface area contributed by atoms with E-state index in [1.807, 2.05) is 40.6 Å². The zero-order valence-electron chi connectivity index (χ0n) is 17.6. The molecule has 2 fully saturated rings. The van der Waals surface area contributed by atoms with E-state index < -0.39 is 0 Å². The Kier molecular flexibility index (Phi) is 5.85. The Morgan fingerprint density at radius 2 is 1.90 bits per heavy atom. The monoisotopic (exact) mass is 440 g/mol. The molecule has 1 aromatic heterocycles. The maximum Gasteiger partial charge on any atom is 0.263 e. The standard InChI is InChI=1S/C24H28N2O4S/c27-23(18-5-3-11-25(15-18)24(28)22-8-4-12-31-22)26(19-6-1-2-7-19)14-17-9-10-20-21(13-17)30-16-29-20/h4,8-10,12-13,18-19H,1-3,5-7,11,14-16H2. The molecule has 6 nitrogen and oxygen atoms in total. The van der Waals surface area contributed by atoms with Crippen LogP contribution in [0.25, 0.3) is 0 Å². The Hall–Kier alpha value is -2.54. The number of likely N-dealkylation sites (tertiary alicyclic amines) is 1. The van der Waals surface area contributed by atoms with Crippen LogP contribution in [-0.4, -0.2) is 47.5 Å². The number of hydrogen-bond donors (Lipinski definition) is 0. The Labute approximate surface area is 186 Å². The summed E-state index contributed by atoms with van der Waals surface area (Å²) in [6.45, 7) is 2.07. The van der Waals surface area contributed by atoms with E-state index in [1.165, 1.54) is 24.2 Å². The van der Waals surface area contributed by atoms with Crippen LogP contribution in [0.4, 0.5) is 0 Å². The minimum atomic E-state index is -0.132. The van der Waals surface area contributed by atoms with E-state index in [2.05, 4.69) is 4.90 Å². The van der Waals surface area contributed by atoms with Gasteiger partial charge in [0.1, 0.15) is 0 Å². The molecule has 7 heteroatoms. The van der Waals surface area contributed by atoms with Crippen molar-refractivity contribution < 1.29 is 19.1 Å². The number of carbonyl (C=O) groups excluding carboxylic acids is 2. The number of carbonyl (C=O) groups is 2. The van der Waals surface area contributed by atoms with E-state index >= 15 is 0 Å². The first-order valence-corrected chi connectivity index (χ1v) is 12.1. The predicted molar refractivity (Wildman–Crippen MR) is 118 cm³/mol. The second-order valence-corrected chi connectivity index (χ2v) is 9.61. The molecule has 0 radical (unpaired) electrons. The van der Waals surface area contributed by atoms with Gasteiger partial charge in [-0.25, -0.2) is 0 Å². The Morgan fingerprint density at radius 1 is 1.06 bits per heavy atom. The van der Waals surface area contributed by atoms with Gasteiger partial charge in [-0.15, -0.1) is 11.3 Å². The van der Waals surface area contributed by atoms with Gasteiger partial charge in [-0.1, -0.05) is 25.0 Å². The molecule has 3 heterocycles. The molecule has 0 spiro atoms. The number of nitrogens with zero attached hydrogens (tertiary/aromatic N) is 2. The number of fused-ring (bicyclic) bond motifs is 1. The minimum Gasteiger partial charge on any atom is -0.454 e. The van der Waals surface area contributed by atoms with E-state index in [-0.39, 0.29) is 30.6 Å². The number of thiophene rings is 1. The van der Waals surface area contributed by atoms with E-state index in [0.29, 0.717) is 13.1 Å². The average Bonchev–Trinajstić information content (AvgIpc) is 3.58. The first kappa shape index (κ1) is 20.4. The normalized spacial score (nSPS) is 20.8. The van der Waals surface area contributed by atoms with Crippen LogP contribution in [0, 0.1) is 5.92 Å². The summed E-state index contributed by atoms with van der Waals surface area (Å²) in [6, 6.07) is 9.99. The maximum atomic E-state index is 13.7. The molecule has 2 amide bonds. The van der Waals surface area contributed by atoms with E-state index in [0.717, 1.165) is 54.2 Å². The number of ether oxygens (including phenoxy) is 2. The lowest BCUT2D eigenvalue weighted by Crippen LogP contribution is -2.48. The van der Waals surface area contributed by atoms with Gasteiger partial charge < -0.3 is 19.3 Å². The lowest BCUT2D eigenvalue weighted by molar-refractivity contribution is -0.140. The molecule has 5 rings (SSSR count). The SMILES string of the molecule is O=C(c1cccs1)N1CCCC(C(=O)N(Cc2ccc3c(c2)OCO3)C2CCCC2)C1. The fraction of sp³-hybridized carbons (Fsp3) is 0.500. The molecule has 164 valence electrons. The molecule has 31 heavy (non-hydrogen) atoms. The molecule has 2 aliphatic heterocycles. The molecule has 1 aromatic carbocycles. The van der Waals surface area contributed by atoms with Crippen LogP contribution in [0.2, 0.25) is 0 Å². The quantitative estimate of drug-likeness (QED) is 0.696. The second-order valence-electron chi connectivity index (χ2n) is 8.66. The Bertz CT molecular complexity index is 939. The molecule has 0 N–H and O–H groups in total. The molecule has 1 aliphatic carbocycles. The van der Waals surface area contributed by atoms with Gasteiger partial charge in [0.15, 0.2) is 11.5 Å². The smallest absolute Gasteiger partial charge is 0.263 e. The third-order valence-corrected chi connectivity index (χ3v) is 7.49. The van der Waals surface area contributed by atoms with Crippen molar-refractivity contribution in [1.82, 2.24) is 9.80 Å². The first-order valence-electron chi connectivity index (χ1n) is 11.2. The van der Waals surface area contributed by atoms with Gasteiger partial charge >= 0.3 is 0 Å². The molecular weight excluding hydrogens is 412 g/mol. The van der Waals surface area contributed by atoms with Crippen LogP contribution in [0.15, 0.2) is 35.7 Å². The molecule has 1 saturated carbocycles. The van der Waals surface area contributed by atoms with Crippen LogP contribution in [0.5, 0.6) is 11.5 Å². The van der Waals surface area contributed by atoms with Gasteiger partial charge in [0.2, 0.25) is 12.7 Å². The number of amides is 2. The third kappa shape index (κ3) is 4.28. The van der Waals surface area contributed by atoms with Crippen molar-refractivity contribution in [2.75, 3.05) is 19.9 Å². The number of benzene rings is 1. The van der Waals surface area contributed by atoms with Gasteiger partial charge in [0.25, 0.3) is 5.91 Å². The van der Waals surface area contributed by atoms with Gasteiger partial charge in [-0.05, 0) is 54.8 Å². The van der Waals surface area contributed by atoms with Crippen LogP contribution >= 0.6 is 11.3 Å². The van der Waals surface area contributed by atoms with E-state index in [4.69, 9.17) is 9.47 Å². The highest BCUT2D eigenvalue weighted by Gasteiger charge is 2.35. The van der Waals surface area contributed by atoms with Crippen molar-refractivity contribution in [3.63, 3.8) is 0 Å². The molecule has 3 aliphatic rings. The van der Waals surface area contributed by atoms with Crippen molar-refractivity contribution in [2.24, 2.45) is 5.92 Å². The summed E-state index contributed by atoms with van der Waals surface area (Å²) >= 11 is 1.46. The molecule has 1 unspecified atom stereocenters. The van der Waals surface area contributed by atoms with Crippen LogP contribution in [-0.2, 0) is 11.3 Å². The van der Waals surface area contributed by atoms with Gasteiger partial charge in [-0.2, -0.15) is 0 Å². The van der Waals surface area contributed by atoms with Crippen LogP contribution in [0.3, 0.4) is 0 Å². The lowest BCUT2D eigenvalue weighted by Gasteiger charge is -2.37. The molecule has 2 aromatic rings. The molecule has 0 bridgehead atoms. The summed E-state index contributed by atoms with van der Waals surface area (Å²) in [6.07, 6.45) is 6.17. The maximum absolute atomic E-state index is 13.7. The van der Waals surface area contributed by atoms with Crippen molar-refractivity contribution in [3.05, 3.63) is 46.2 Å². The topological polar surface area (TPSA) is 59.1 Å². The summed E-state index contributed by atoms with van der Waals surface area (Å²) in [7, 11) is 0. The highest BCUT2D eigenvalue weighted by molar-refractivity contribution is 7.12. The lowest BCUT2D eigenvalue weighted by atomic mass is 9.95. The second kappa shape index (κ2) is 8.91. The first-order chi connectivity index (χ1) is 15.2.